The van der Waals surface area contributed by atoms with E-state index in [1.54, 1.807) is 35.9 Å². The van der Waals surface area contributed by atoms with E-state index in [0.717, 1.165) is 11.6 Å². The zero-order valence-electron chi connectivity index (χ0n) is 16.7. The van der Waals surface area contributed by atoms with Crippen molar-refractivity contribution in [2.45, 2.75) is 26.2 Å². The second-order valence-corrected chi connectivity index (χ2v) is 7.18. The van der Waals surface area contributed by atoms with Gasteiger partial charge in [-0.05, 0) is 18.6 Å². The lowest BCUT2D eigenvalue weighted by atomic mass is 10.2. The molecule has 162 valence electrons. The van der Waals surface area contributed by atoms with Crippen molar-refractivity contribution >= 4 is 23.4 Å². The summed E-state index contributed by atoms with van der Waals surface area (Å²) in [6, 6.07) is 2.34. The lowest BCUT2D eigenvalue weighted by Gasteiger charge is -2.27. The van der Waals surface area contributed by atoms with Crippen molar-refractivity contribution in [2.75, 3.05) is 29.1 Å². The zero-order valence-corrected chi connectivity index (χ0v) is 16.7. The Morgan fingerprint density at radius 2 is 2.00 bits per heavy atom. The van der Waals surface area contributed by atoms with E-state index in [9.17, 15) is 18.0 Å². The molecule has 4 rings (SSSR count). The van der Waals surface area contributed by atoms with E-state index < -0.39 is 11.9 Å². The molecule has 0 radical (unpaired) electrons. The number of likely N-dealkylation sites (N-methyl/N-ethyl adjacent to an activating group) is 1. The second-order valence-electron chi connectivity index (χ2n) is 7.18. The average molecular weight is 432 g/mol. The van der Waals surface area contributed by atoms with E-state index in [-0.39, 0.29) is 12.5 Å². The summed E-state index contributed by atoms with van der Waals surface area (Å²) in [6.07, 6.45) is 0.173. The van der Waals surface area contributed by atoms with Crippen LogP contribution in [0, 0.1) is 6.92 Å². The molecule has 1 aliphatic heterocycles. The molecule has 1 aliphatic rings. The summed E-state index contributed by atoms with van der Waals surface area (Å²) >= 11 is 0. The van der Waals surface area contributed by atoms with Crippen LogP contribution in [0.25, 0.3) is 0 Å². The summed E-state index contributed by atoms with van der Waals surface area (Å²) in [7, 11) is 1.79. The Morgan fingerprint density at radius 3 is 2.71 bits per heavy atom. The normalized spacial score (nSPS) is 13.7. The molecule has 2 N–H and O–H groups in total. The number of aromatic nitrogens is 5. The molecular formula is C19H19F3N8O. The quantitative estimate of drug-likeness (QED) is 0.639. The molecule has 3 aromatic heterocycles. The van der Waals surface area contributed by atoms with E-state index in [4.69, 9.17) is 0 Å². The number of nitrogens with zero attached hydrogens (tertiary/aromatic N) is 6. The van der Waals surface area contributed by atoms with Crippen LogP contribution >= 0.6 is 0 Å². The van der Waals surface area contributed by atoms with Crippen molar-refractivity contribution in [1.82, 2.24) is 24.7 Å². The average Bonchev–Trinajstić information content (AvgIpc) is 3.14. The molecule has 0 saturated carbocycles. The maximum atomic E-state index is 12.6. The highest BCUT2D eigenvalue weighted by atomic mass is 19.4. The van der Waals surface area contributed by atoms with E-state index in [1.807, 2.05) is 0 Å². The Hall–Kier alpha value is -3.70. The molecule has 0 unspecified atom stereocenters. The van der Waals surface area contributed by atoms with Crippen LogP contribution in [0.4, 0.5) is 30.6 Å². The Kier molecular flexibility index (Phi) is 5.21. The predicted molar refractivity (Wildman–Crippen MR) is 107 cm³/mol. The number of aryl methyl sites for hydroxylation is 1. The molecule has 0 aromatic carbocycles. The molecule has 0 spiro atoms. The first kappa shape index (κ1) is 20.6. The van der Waals surface area contributed by atoms with E-state index in [1.165, 1.54) is 12.3 Å². The van der Waals surface area contributed by atoms with Crippen molar-refractivity contribution in [2.24, 2.45) is 0 Å². The third-order valence-electron chi connectivity index (χ3n) is 4.67. The lowest BCUT2D eigenvalue weighted by Crippen LogP contribution is -2.36. The number of amides is 1. The van der Waals surface area contributed by atoms with Crippen LogP contribution in [0.15, 0.2) is 30.7 Å². The van der Waals surface area contributed by atoms with Crippen LogP contribution in [0.2, 0.25) is 0 Å². The van der Waals surface area contributed by atoms with Gasteiger partial charge in [0.2, 0.25) is 11.9 Å². The number of hydrogen-bond donors (Lipinski definition) is 2. The second kappa shape index (κ2) is 7.85. The minimum absolute atomic E-state index is 0.113. The molecule has 0 aliphatic carbocycles. The summed E-state index contributed by atoms with van der Waals surface area (Å²) < 4.78 is 39.5. The van der Waals surface area contributed by atoms with Crippen LogP contribution in [0.5, 0.6) is 0 Å². The van der Waals surface area contributed by atoms with Gasteiger partial charge in [0, 0.05) is 31.5 Å². The minimum Gasteiger partial charge on any atom is -0.350 e. The SMILES string of the molecule is Cc1nc(NCc2cnn(Cc3ccc(C(F)(F)F)nc3)c2)nc2c1NC(=O)CN2C. The highest BCUT2D eigenvalue weighted by Crippen LogP contribution is 2.30. The maximum absolute atomic E-state index is 12.6. The van der Waals surface area contributed by atoms with Gasteiger partial charge in [-0.2, -0.15) is 23.3 Å². The Balaban J connectivity index is 1.40. The smallest absolute Gasteiger partial charge is 0.350 e. The molecule has 4 heterocycles. The highest BCUT2D eigenvalue weighted by molar-refractivity contribution is 6.00. The van der Waals surface area contributed by atoms with E-state index in [2.05, 4.69) is 30.7 Å². The van der Waals surface area contributed by atoms with E-state index in [0.29, 0.717) is 41.8 Å². The number of carbonyl (C=O) groups excluding carboxylic acids is 1. The summed E-state index contributed by atoms with van der Waals surface area (Å²) in [5, 5.41) is 10.1. The lowest BCUT2D eigenvalue weighted by molar-refractivity contribution is -0.141. The Bertz CT molecular complexity index is 1110. The van der Waals surface area contributed by atoms with Gasteiger partial charge in [0.1, 0.15) is 11.4 Å². The number of alkyl halides is 3. The summed E-state index contributed by atoms with van der Waals surface area (Å²) in [4.78, 5) is 25.8. The van der Waals surface area contributed by atoms with Crippen molar-refractivity contribution < 1.29 is 18.0 Å². The fourth-order valence-electron chi connectivity index (χ4n) is 3.17. The van der Waals surface area contributed by atoms with Gasteiger partial charge >= 0.3 is 6.18 Å². The highest BCUT2D eigenvalue weighted by Gasteiger charge is 2.32. The third-order valence-corrected chi connectivity index (χ3v) is 4.67. The van der Waals surface area contributed by atoms with Gasteiger partial charge in [-0.3, -0.25) is 14.5 Å². The summed E-state index contributed by atoms with van der Waals surface area (Å²) in [5.41, 5.74) is 1.78. The fraction of sp³-hybridized carbons (Fsp3) is 0.316. The first-order chi connectivity index (χ1) is 14.7. The maximum Gasteiger partial charge on any atom is 0.433 e. The number of carbonyl (C=O) groups is 1. The van der Waals surface area contributed by atoms with Crippen molar-refractivity contribution in [3.05, 3.63) is 53.2 Å². The Morgan fingerprint density at radius 1 is 1.19 bits per heavy atom. The molecule has 0 atom stereocenters. The predicted octanol–water partition coefficient (Wildman–Crippen LogP) is 2.44. The van der Waals surface area contributed by atoms with Crippen LogP contribution in [0.1, 0.15) is 22.5 Å². The van der Waals surface area contributed by atoms with Crippen LogP contribution < -0.4 is 15.5 Å². The minimum atomic E-state index is -4.46. The van der Waals surface area contributed by atoms with Gasteiger partial charge in [-0.15, -0.1) is 0 Å². The zero-order chi connectivity index (χ0) is 22.2. The number of hydrogen-bond acceptors (Lipinski definition) is 7. The monoisotopic (exact) mass is 432 g/mol. The van der Waals surface area contributed by atoms with Crippen LogP contribution in [0.3, 0.4) is 0 Å². The molecule has 1 amide bonds. The summed E-state index contributed by atoms with van der Waals surface area (Å²) in [5.74, 6) is 0.942. The van der Waals surface area contributed by atoms with Gasteiger partial charge in [-0.25, -0.2) is 4.98 Å². The Labute approximate surface area is 175 Å². The summed E-state index contributed by atoms with van der Waals surface area (Å²) in [6.45, 7) is 2.71. The topological polar surface area (TPSA) is 101 Å². The van der Waals surface area contributed by atoms with Crippen LogP contribution in [-0.2, 0) is 24.1 Å². The van der Waals surface area contributed by atoms with Crippen molar-refractivity contribution in [3.63, 3.8) is 0 Å². The van der Waals surface area contributed by atoms with E-state index >= 15 is 0 Å². The number of halogens is 3. The molecule has 31 heavy (non-hydrogen) atoms. The van der Waals surface area contributed by atoms with Gasteiger partial charge < -0.3 is 15.5 Å². The number of anilines is 3. The van der Waals surface area contributed by atoms with Crippen molar-refractivity contribution in [3.8, 4) is 0 Å². The van der Waals surface area contributed by atoms with Gasteiger partial charge in [-0.1, -0.05) is 6.07 Å². The van der Waals surface area contributed by atoms with Gasteiger partial charge in [0.25, 0.3) is 0 Å². The molecule has 9 nitrogen and oxygen atoms in total. The molecule has 0 bridgehead atoms. The first-order valence-electron chi connectivity index (χ1n) is 9.36. The number of nitrogens with one attached hydrogen (secondary N) is 2. The number of pyridine rings is 1. The van der Waals surface area contributed by atoms with Gasteiger partial charge in [0.05, 0.1) is 25.0 Å². The number of fused-ring (bicyclic) bond motifs is 1. The molecule has 3 aromatic rings. The largest absolute Gasteiger partial charge is 0.433 e. The molecule has 12 heteroatoms. The third kappa shape index (κ3) is 4.57. The first-order valence-corrected chi connectivity index (χ1v) is 9.36. The molecule has 0 fully saturated rings. The number of rotatable bonds is 5. The fourth-order valence-corrected chi connectivity index (χ4v) is 3.17. The van der Waals surface area contributed by atoms with Crippen LogP contribution in [-0.4, -0.2) is 44.2 Å². The molecular weight excluding hydrogens is 413 g/mol. The van der Waals surface area contributed by atoms with Gasteiger partial charge in [0.15, 0.2) is 5.82 Å². The molecule has 0 saturated heterocycles. The standard InChI is InChI=1S/C19H19F3N8O/c1-11-16-17(29(2)10-15(31)27-16)28-18(26-11)24-6-13-7-25-30(9-13)8-12-3-4-14(23-5-12)19(20,21)22/h3-5,7,9H,6,8,10H2,1-2H3,(H,27,31)(H,24,26,28). The van der Waals surface area contributed by atoms with Crippen molar-refractivity contribution in [1.29, 1.82) is 0 Å².